The highest BCUT2D eigenvalue weighted by atomic mass is 35.5. The molecule has 0 saturated carbocycles. The van der Waals surface area contributed by atoms with E-state index in [1.165, 1.54) is 15.3 Å². The van der Waals surface area contributed by atoms with Crippen LogP contribution in [-0.4, -0.2) is 14.2 Å². The molecule has 0 N–H and O–H groups in total. The molecule has 2 rings (SSSR count). The number of thiophene rings is 1. The maximum absolute atomic E-state index is 6.56. The van der Waals surface area contributed by atoms with Gasteiger partial charge in [0, 0.05) is 9.75 Å². The van der Waals surface area contributed by atoms with Gasteiger partial charge in [0.2, 0.25) is 0 Å². The van der Waals surface area contributed by atoms with Crippen LogP contribution in [0.4, 0.5) is 0 Å². The number of aryl methyl sites for hydroxylation is 2. The van der Waals surface area contributed by atoms with Gasteiger partial charge in [0.15, 0.2) is 11.5 Å². The summed E-state index contributed by atoms with van der Waals surface area (Å²) in [6.07, 6.45) is 0.777. The molecule has 1 unspecified atom stereocenters. The molecule has 0 radical (unpaired) electrons. The van der Waals surface area contributed by atoms with Crippen LogP contribution in [0.2, 0.25) is 0 Å². The highest BCUT2D eigenvalue weighted by Crippen LogP contribution is 2.35. The zero-order chi connectivity index (χ0) is 14.7. The predicted octanol–water partition coefficient (Wildman–Crippen LogP) is 4.90. The molecule has 4 heteroatoms. The summed E-state index contributed by atoms with van der Waals surface area (Å²) in [6.45, 7) is 4.23. The average Bonchev–Trinajstić information content (AvgIpc) is 2.77. The minimum Gasteiger partial charge on any atom is -0.493 e. The summed E-state index contributed by atoms with van der Waals surface area (Å²) in [7, 11) is 3.28. The molecule has 20 heavy (non-hydrogen) atoms. The third kappa shape index (κ3) is 3.28. The van der Waals surface area contributed by atoms with E-state index in [0.29, 0.717) is 0 Å². The lowest BCUT2D eigenvalue weighted by molar-refractivity contribution is 0.354. The number of rotatable bonds is 5. The van der Waals surface area contributed by atoms with Gasteiger partial charge in [-0.1, -0.05) is 6.07 Å². The van der Waals surface area contributed by atoms with Gasteiger partial charge in [0.05, 0.1) is 19.6 Å². The molecule has 0 aliphatic heterocycles. The number of methoxy groups -OCH3 is 2. The molecular formula is C16H19ClO2S. The standard InChI is InChI=1S/C16H19ClO2S/c1-10-7-13(11(2)20-10)14(17)8-12-5-6-15(18-3)16(9-12)19-4/h5-7,9,14H,8H2,1-4H3. The lowest BCUT2D eigenvalue weighted by atomic mass is 10.0. The summed E-state index contributed by atoms with van der Waals surface area (Å²) < 4.78 is 10.6. The first kappa shape index (κ1) is 15.2. The Labute approximate surface area is 129 Å². The fourth-order valence-corrected chi connectivity index (χ4v) is 3.74. The second-order valence-corrected chi connectivity index (χ2v) is 6.72. The Bertz CT molecular complexity index is 592. The Morgan fingerprint density at radius 1 is 1.10 bits per heavy atom. The second kappa shape index (κ2) is 6.51. The van der Waals surface area contributed by atoms with E-state index in [4.69, 9.17) is 21.1 Å². The van der Waals surface area contributed by atoms with E-state index < -0.39 is 0 Å². The summed E-state index contributed by atoms with van der Waals surface area (Å²) in [5.74, 6) is 1.48. The average molecular weight is 311 g/mol. The van der Waals surface area contributed by atoms with Gasteiger partial charge < -0.3 is 9.47 Å². The van der Waals surface area contributed by atoms with Crippen LogP contribution < -0.4 is 9.47 Å². The molecule has 1 heterocycles. The van der Waals surface area contributed by atoms with Gasteiger partial charge in [-0.3, -0.25) is 0 Å². The molecule has 2 nitrogen and oxygen atoms in total. The van der Waals surface area contributed by atoms with Gasteiger partial charge in [-0.2, -0.15) is 0 Å². The maximum Gasteiger partial charge on any atom is 0.160 e. The maximum atomic E-state index is 6.56. The van der Waals surface area contributed by atoms with Gasteiger partial charge in [-0.25, -0.2) is 0 Å². The lowest BCUT2D eigenvalue weighted by Crippen LogP contribution is -1.98. The molecule has 0 aliphatic rings. The molecule has 0 bridgehead atoms. The smallest absolute Gasteiger partial charge is 0.160 e. The summed E-state index contributed by atoms with van der Waals surface area (Å²) in [6, 6.07) is 8.12. The monoisotopic (exact) mass is 310 g/mol. The molecular weight excluding hydrogens is 292 g/mol. The van der Waals surface area contributed by atoms with Crippen molar-refractivity contribution in [1.82, 2.24) is 0 Å². The van der Waals surface area contributed by atoms with Crippen LogP contribution in [0.1, 0.15) is 26.3 Å². The molecule has 1 aromatic carbocycles. The number of halogens is 1. The lowest BCUT2D eigenvalue weighted by Gasteiger charge is -2.12. The summed E-state index contributed by atoms with van der Waals surface area (Å²) in [5, 5.41) is -0.0157. The fraction of sp³-hybridized carbons (Fsp3) is 0.375. The van der Waals surface area contributed by atoms with Crippen LogP contribution in [0.15, 0.2) is 24.3 Å². The van der Waals surface area contributed by atoms with Crippen molar-refractivity contribution in [2.75, 3.05) is 14.2 Å². The fourth-order valence-electron chi connectivity index (χ4n) is 2.29. The highest BCUT2D eigenvalue weighted by molar-refractivity contribution is 7.12. The molecule has 108 valence electrons. The first-order valence-corrected chi connectivity index (χ1v) is 7.72. The van der Waals surface area contributed by atoms with Crippen molar-refractivity contribution in [2.45, 2.75) is 25.6 Å². The molecule has 1 aromatic heterocycles. The molecule has 1 atom stereocenters. The Hall–Kier alpha value is -1.19. The minimum absolute atomic E-state index is 0.0157. The predicted molar refractivity (Wildman–Crippen MR) is 85.6 cm³/mol. The van der Waals surface area contributed by atoms with Gasteiger partial charge in [0.1, 0.15) is 0 Å². The van der Waals surface area contributed by atoms with E-state index in [0.717, 1.165) is 23.5 Å². The summed E-state index contributed by atoms with van der Waals surface area (Å²) in [4.78, 5) is 2.60. The Kier molecular flexibility index (Phi) is 4.95. The van der Waals surface area contributed by atoms with Crippen molar-refractivity contribution in [3.8, 4) is 11.5 Å². The Balaban J connectivity index is 2.19. The topological polar surface area (TPSA) is 18.5 Å². The largest absolute Gasteiger partial charge is 0.493 e. The third-order valence-corrected chi connectivity index (χ3v) is 4.65. The quantitative estimate of drug-likeness (QED) is 0.731. The number of alkyl halides is 1. The van der Waals surface area contributed by atoms with Crippen LogP contribution in [0.25, 0.3) is 0 Å². The minimum atomic E-state index is -0.0157. The van der Waals surface area contributed by atoms with Crippen molar-refractivity contribution >= 4 is 22.9 Å². The SMILES string of the molecule is COc1ccc(CC(Cl)c2cc(C)sc2C)cc1OC. The molecule has 0 aliphatic carbocycles. The van der Waals surface area contributed by atoms with E-state index in [1.54, 1.807) is 25.6 Å². The highest BCUT2D eigenvalue weighted by Gasteiger charge is 2.15. The Morgan fingerprint density at radius 2 is 1.80 bits per heavy atom. The summed E-state index contributed by atoms with van der Waals surface area (Å²) >= 11 is 8.36. The van der Waals surface area contributed by atoms with Crippen molar-refractivity contribution in [1.29, 1.82) is 0 Å². The number of benzene rings is 1. The van der Waals surface area contributed by atoms with Crippen LogP contribution in [-0.2, 0) is 6.42 Å². The van der Waals surface area contributed by atoms with E-state index in [-0.39, 0.29) is 5.38 Å². The second-order valence-electron chi connectivity index (χ2n) is 4.73. The molecule has 2 aromatic rings. The third-order valence-electron chi connectivity index (χ3n) is 3.28. The van der Waals surface area contributed by atoms with Gasteiger partial charge >= 0.3 is 0 Å². The van der Waals surface area contributed by atoms with Crippen molar-refractivity contribution < 1.29 is 9.47 Å². The zero-order valence-corrected chi connectivity index (χ0v) is 13.8. The molecule has 0 spiro atoms. The van der Waals surface area contributed by atoms with Crippen LogP contribution in [0, 0.1) is 13.8 Å². The number of hydrogen-bond acceptors (Lipinski definition) is 3. The molecule has 0 saturated heterocycles. The van der Waals surface area contributed by atoms with Crippen molar-refractivity contribution in [3.05, 3.63) is 45.1 Å². The summed E-state index contributed by atoms with van der Waals surface area (Å²) in [5.41, 5.74) is 2.37. The molecule has 0 amide bonds. The van der Waals surface area contributed by atoms with E-state index in [2.05, 4.69) is 19.9 Å². The van der Waals surface area contributed by atoms with Crippen LogP contribution >= 0.6 is 22.9 Å². The first-order valence-electron chi connectivity index (χ1n) is 6.47. The zero-order valence-electron chi connectivity index (χ0n) is 12.2. The van der Waals surface area contributed by atoms with Crippen molar-refractivity contribution in [2.24, 2.45) is 0 Å². The normalized spacial score (nSPS) is 12.2. The van der Waals surface area contributed by atoms with Gasteiger partial charge in [-0.05, 0) is 49.6 Å². The number of hydrogen-bond donors (Lipinski definition) is 0. The van der Waals surface area contributed by atoms with E-state index in [9.17, 15) is 0 Å². The van der Waals surface area contributed by atoms with Gasteiger partial charge in [0.25, 0.3) is 0 Å². The van der Waals surface area contributed by atoms with Gasteiger partial charge in [-0.15, -0.1) is 22.9 Å². The van der Waals surface area contributed by atoms with Crippen molar-refractivity contribution in [3.63, 3.8) is 0 Å². The van der Waals surface area contributed by atoms with E-state index in [1.807, 2.05) is 18.2 Å². The number of ether oxygens (including phenoxy) is 2. The van der Waals surface area contributed by atoms with Crippen LogP contribution in [0.3, 0.4) is 0 Å². The van der Waals surface area contributed by atoms with E-state index >= 15 is 0 Å². The molecule has 0 fully saturated rings. The Morgan fingerprint density at radius 3 is 2.35 bits per heavy atom. The first-order chi connectivity index (χ1) is 9.55. The van der Waals surface area contributed by atoms with Crippen LogP contribution in [0.5, 0.6) is 11.5 Å².